The van der Waals surface area contributed by atoms with Gasteiger partial charge in [0.1, 0.15) is 11.4 Å². The molecule has 1 aromatic carbocycles. The first kappa shape index (κ1) is 11.4. The first-order valence-corrected chi connectivity index (χ1v) is 5.91. The summed E-state index contributed by atoms with van der Waals surface area (Å²) in [6.07, 6.45) is 1.79. The van der Waals surface area contributed by atoms with Gasteiger partial charge in [-0.3, -0.25) is 0 Å². The second-order valence-corrected chi connectivity index (χ2v) is 4.33. The second kappa shape index (κ2) is 4.85. The summed E-state index contributed by atoms with van der Waals surface area (Å²) in [7, 11) is 0. The molecule has 0 amide bonds. The molecule has 1 aromatic rings. The van der Waals surface area contributed by atoms with E-state index >= 15 is 0 Å². The topological polar surface area (TPSA) is 41.5 Å². The molecule has 1 fully saturated rings. The van der Waals surface area contributed by atoms with Crippen LogP contribution in [0, 0.1) is 0 Å². The van der Waals surface area contributed by atoms with E-state index in [1.54, 1.807) is 0 Å². The Morgan fingerprint density at radius 1 is 1.38 bits per heavy atom. The lowest BCUT2D eigenvalue weighted by molar-refractivity contribution is 0.0587. The lowest BCUT2D eigenvalue weighted by atomic mass is 9.93. The van der Waals surface area contributed by atoms with Gasteiger partial charge in [-0.1, -0.05) is 19.1 Å². The van der Waals surface area contributed by atoms with E-state index in [1.807, 2.05) is 24.3 Å². The summed E-state index contributed by atoms with van der Waals surface area (Å²) in [6.45, 7) is 4.35. The van der Waals surface area contributed by atoms with Crippen molar-refractivity contribution in [3.8, 4) is 5.75 Å². The highest BCUT2D eigenvalue weighted by Crippen LogP contribution is 2.28. The van der Waals surface area contributed by atoms with Gasteiger partial charge in [0.2, 0.25) is 0 Å². The van der Waals surface area contributed by atoms with E-state index in [2.05, 4.69) is 12.2 Å². The quantitative estimate of drug-likeness (QED) is 0.812. The largest absolute Gasteiger partial charge is 0.494 e. The molecule has 3 heteroatoms. The van der Waals surface area contributed by atoms with Crippen LogP contribution in [0.15, 0.2) is 24.3 Å². The monoisotopic (exact) mass is 221 g/mol. The highest BCUT2D eigenvalue weighted by Gasteiger charge is 2.32. The van der Waals surface area contributed by atoms with Gasteiger partial charge in [-0.25, -0.2) is 0 Å². The van der Waals surface area contributed by atoms with Crippen molar-refractivity contribution in [2.45, 2.75) is 25.4 Å². The summed E-state index contributed by atoms with van der Waals surface area (Å²) in [5.41, 5.74) is 0.282. The molecule has 2 rings (SSSR count). The molecule has 1 unspecified atom stereocenters. The van der Waals surface area contributed by atoms with Gasteiger partial charge in [-0.05, 0) is 37.1 Å². The van der Waals surface area contributed by atoms with Crippen LogP contribution in [-0.2, 0) is 5.60 Å². The molecule has 0 aliphatic carbocycles. The number of benzene rings is 1. The molecule has 0 aromatic heterocycles. The summed E-state index contributed by atoms with van der Waals surface area (Å²) in [4.78, 5) is 0. The summed E-state index contributed by atoms with van der Waals surface area (Å²) in [5, 5.41) is 13.5. The van der Waals surface area contributed by atoms with Crippen molar-refractivity contribution in [1.82, 2.24) is 5.32 Å². The summed E-state index contributed by atoms with van der Waals surface area (Å²) >= 11 is 0. The van der Waals surface area contributed by atoms with E-state index in [0.29, 0.717) is 6.54 Å². The smallest absolute Gasteiger partial charge is 0.119 e. The first-order chi connectivity index (χ1) is 7.74. The number of β-amino-alcohol motifs (C(OH)–C–C–N with tert-alkyl or cyclic N) is 1. The molecule has 0 radical (unpaired) electrons. The Morgan fingerprint density at radius 3 is 2.69 bits per heavy atom. The fourth-order valence-electron chi connectivity index (χ4n) is 2.01. The average Bonchev–Trinajstić information content (AvgIpc) is 2.75. The fraction of sp³-hybridized carbons (Fsp3) is 0.538. The Labute approximate surface area is 96.4 Å². The van der Waals surface area contributed by atoms with Crippen LogP contribution < -0.4 is 10.1 Å². The van der Waals surface area contributed by atoms with Gasteiger partial charge >= 0.3 is 0 Å². The predicted molar refractivity (Wildman–Crippen MR) is 63.6 cm³/mol. The molecule has 16 heavy (non-hydrogen) atoms. The molecule has 1 aliphatic rings. The number of nitrogens with one attached hydrogen (secondary N) is 1. The molecule has 88 valence electrons. The van der Waals surface area contributed by atoms with Crippen LogP contribution in [-0.4, -0.2) is 24.8 Å². The molecular formula is C13H19NO2. The predicted octanol–water partition coefficient (Wildman–Crippen LogP) is 1.66. The van der Waals surface area contributed by atoms with Gasteiger partial charge in [0.25, 0.3) is 0 Å². The highest BCUT2D eigenvalue weighted by atomic mass is 16.5. The molecule has 1 aliphatic heterocycles. The summed E-state index contributed by atoms with van der Waals surface area (Å²) < 4.78 is 5.51. The Bertz CT molecular complexity index is 328. The Morgan fingerprint density at radius 2 is 2.12 bits per heavy atom. The van der Waals surface area contributed by atoms with Gasteiger partial charge in [-0.2, -0.15) is 0 Å². The van der Waals surface area contributed by atoms with Gasteiger partial charge in [0, 0.05) is 6.54 Å². The van der Waals surface area contributed by atoms with E-state index in [1.165, 1.54) is 0 Å². The van der Waals surface area contributed by atoms with E-state index in [0.717, 1.165) is 37.3 Å². The van der Waals surface area contributed by atoms with E-state index in [4.69, 9.17) is 4.74 Å². The third-order valence-electron chi connectivity index (χ3n) is 3.00. The molecule has 0 bridgehead atoms. The van der Waals surface area contributed by atoms with Gasteiger partial charge in [0.05, 0.1) is 6.61 Å². The van der Waals surface area contributed by atoms with Gasteiger partial charge in [-0.15, -0.1) is 0 Å². The van der Waals surface area contributed by atoms with E-state index in [9.17, 15) is 5.11 Å². The third kappa shape index (κ3) is 2.36. The fourth-order valence-corrected chi connectivity index (χ4v) is 2.01. The number of aliphatic hydroxyl groups is 1. The minimum atomic E-state index is -0.691. The highest BCUT2D eigenvalue weighted by molar-refractivity contribution is 5.31. The zero-order chi connectivity index (χ0) is 11.4. The first-order valence-electron chi connectivity index (χ1n) is 5.91. The number of hydrogen-bond acceptors (Lipinski definition) is 3. The summed E-state index contributed by atoms with van der Waals surface area (Å²) in [6, 6.07) is 7.78. The molecular weight excluding hydrogens is 202 g/mol. The van der Waals surface area contributed by atoms with Crippen molar-refractivity contribution < 1.29 is 9.84 Å². The second-order valence-electron chi connectivity index (χ2n) is 4.33. The van der Waals surface area contributed by atoms with Crippen molar-refractivity contribution in [1.29, 1.82) is 0 Å². The minimum absolute atomic E-state index is 0.641. The molecule has 3 nitrogen and oxygen atoms in total. The van der Waals surface area contributed by atoms with Gasteiger partial charge < -0.3 is 15.2 Å². The van der Waals surface area contributed by atoms with E-state index in [-0.39, 0.29) is 0 Å². The number of rotatable bonds is 4. The summed E-state index contributed by atoms with van der Waals surface area (Å²) in [5.74, 6) is 0.875. The van der Waals surface area contributed by atoms with Crippen LogP contribution >= 0.6 is 0 Å². The average molecular weight is 221 g/mol. The standard InChI is InChI=1S/C13H19NO2/c1-2-9-16-12-5-3-11(4-6-12)13(15)7-8-14-10-13/h3-6,14-15H,2,7-10H2,1H3. The van der Waals surface area contributed by atoms with Crippen LogP contribution in [0.3, 0.4) is 0 Å². The zero-order valence-corrected chi connectivity index (χ0v) is 9.70. The van der Waals surface area contributed by atoms with Crippen molar-refractivity contribution >= 4 is 0 Å². The molecule has 1 atom stereocenters. The van der Waals surface area contributed by atoms with Crippen molar-refractivity contribution in [3.05, 3.63) is 29.8 Å². The van der Waals surface area contributed by atoms with Crippen LogP contribution in [0.25, 0.3) is 0 Å². The third-order valence-corrected chi connectivity index (χ3v) is 3.00. The molecule has 0 spiro atoms. The normalized spacial score (nSPS) is 24.6. The van der Waals surface area contributed by atoms with Crippen LogP contribution in [0.2, 0.25) is 0 Å². The lowest BCUT2D eigenvalue weighted by Crippen LogP contribution is -2.28. The molecule has 2 N–H and O–H groups in total. The number of ether oxygens (including phenoxy) is 1. The molecule has 1 saturated heterocycles. The molecule has 1 heterocycles. The van der Waals surface area contributed by atoms with Crippen LogP contribution in [0.4, 0.5) is 0 Å². The SMILES string of the molecule is CCCOc1ccc(C2(O)CCNC2)cc1. The van der Waals surface area contributed by atoms with Gasteiger partial charge in [0.15, 0.2) is 0 Å². The maximum atomic E-state index is 10.3. The van der Waals surface area contributed by atoms with Crippen LogP contribution in [0.1, 0.15) is 25.3 Å². The Hall–Kier alpha value is -1.06. The zero-order valence-electron chi connectivity index (χ0n) is 9.70. The maximum Gasteiger partial charge on any atom is 0.119 e. The molecule has 0 saturated carbocycles. The van der Waals surface area contributed by atoms with Crippen molar-refractivity contribution in [3.63, 3.8) is 0 Å². The minimum Gasteiger partial charge on any atom is -0.494 e. The maximum absolute atomic E-state index is 10.3. The lowest BCUT2D eigenvalue weighted by Gasteiger charge is -2.21. The Kier molecular flexibility index (Phi) is 3.46. The van der Waals surface area contributed by atoms with Crippen LogP contribution in [0.5, 0.6) is 5.75 Å². The van der Waals surface area contributed by atoms with Crippen molar-refractivity contribution in [2.24, 2.45) is 0 Å². The van der Waals surface area contributed by atoms with E-state index < -0.39 is 5.60 Å². The Balaban J connectivity index is 2.06. The number of hydrogen-bond donors (Lipinski definition) is 2. The van der Waals surface area contributed by atoms with Crippen molar-refractivity contribution in [2.75, 3.05) is 19.7 Å².